The highest BCUT2D eigenvalue weighted by Gasteiger charge is 2.30. The Morgan fingerprint density at radius 3 is 2.20 bits per heavy atom. The van der Waals surface area contributed by atoms with Gasteiger partial charge in [0.15, 0.2) is 9.84 Å². The molecule has 1 heterocycles. The molecule has 0 saturated carbocycles. The van der Waals surface area contributed by atoms with Crippen molar-refractivity contribution in [3.05, 3.63) is 28.3 Å². The molecule has 1 atom stereocenters. The van der Waals surface area contributed by atoms with E-state index in [2.05, 4.69) is 10.3 Å². The highest BCUT2D eigenvalue weighted by Crippen LogP contribution is 2.26. The van der Waals surface area contributed by atoms with E-state index >= 15 is 0 Å². The molecule has 2 rings (SSSR count). The van der Waals surface area contributed by atoms with E-state index in [-0.39, 0.29) is 28.7 Å². The lowest BCUT2D eigenvalue weighted by molar-refractivity contribution is -0.122. The number of carbonyl (C=O) groups excluding carboxylic acids is 1. The minimum atomic E-state index is -3.92. The van der Waals surface area contributed by atoms with Gasteiger partial charge in [-0.3, -0.25) is 10.2 Å². The molecule has 1 fully saturated rings. The standard InChI is InChI=1S/C16H24N2O5S2/c1-10-7-11(2)13(4)16(12(10)3)25(22,23)18-17-15(19)8-14-5-6-24(20,21)9-14/h7,14,18H,5-6,8-9H2,1-4H3,(H,17,19)/t14-/m0/s1. The molecule has 9 heteroatoms. The van der Waals surface area contributed by atoms with Crippen LogP contribution in [0.5, 0.6) is 0 Å². The third-order valence-corrected chi connectivity index (χ3v) is 8.05. The predicted molar refractivity (Wildman–Crippen MR) is 95.2 cm³/mol. The molecule has 0 spiro atoms. The summed E-state index contributed by atoms with van der Waals surface area (Å²) < 4.78 is 48.0. The molecule has 140 valence electrons. The molecule has 1 aromatic carbocycles. The Morgan fingerprint density at radius 1 is 1.16 bits per heavy atom. The van der Waals surface area contributed by atoms with Gasteiger partial charge in [0.25, 0.3) is 10.0 Å². The van der Waals surface area contributed by atoms with Crippen LogP contribution in [0.2, 0.25) is 0 Å². The van der Waals surface area contributed by atoms with E-state index < -0.39 is 25.8 Å². The van der Waals surface area contributed by atoms with Crippen LogP contribution >= 0.6 is 0 Å². The van der Waals surface area contributed by atoms with Gasteiger partial charge in [0.1, 0.15) is 0 Å². The van der Waals surface area contributed by atoms with Gasteiger partial charge >= 0.3 is 0 Å². The zero-order chi connectivity index (χ0) is 19.0. The fourth-order valence-corrected chi connectivity index (χ4v) is 6.45. The lowest BCUT2D eigenvalue weighted by Gasteiger charge is -2.17. The van der Waals surface area contributed by atoms with E-state index in [0.29, 0.717) is 17.5 Å². The molecule has 0 aromatic heterocycles. The second kappa shape index (κ2) is 7.05. The monoisotopic (exact) mass is 388 g/mol. The number of aryl methyl sites for hydroxylation is 2. The number of carbonyl (C=O) groups is 1. The fourth-order valence-electron chi connectivity index (χ4n) is 3.11. The van der Waals surface area contributed by atoms with Crippen LogP contribution in [0.15, 0.2) is 11.0 Å². The number of sulfone groups is 1. The summed E-state index contributed by atoms with van der Waals surface area (Å²) in [5.41, 5.74) is 5.17. The maximum absolute atomic E-state index is 12.6. The van der Waals surface area contributed by atoms with Crippen LogP contribution in [-0.4, -0.2) is 34.2 Å². The first-order valence-electron chi connectivity index (χ1n) is 8.01. The van der Waals surface area contributed by atoms with Crippen molar-refractivity contribution < 1.29 is 21.6 Å². The minimum absolute atomic E-state index is 0.0213. The van der Waals surface area contributed by atoms with Crippen LogP contribution < -0.4 is 10.3 Å². The maximum Gasteiger partial charge on any atom is 0.257 e. The molecule has 2 N–H and O–H groups in total. The van der Waals surface area contributed by atoms with Gasteiger partial charge in [0, 0.05) is 6.42 Å². The SMILES string of the molecule is Cc1cc(C)c(C)c(S(=O)(=O)NNC(=O)C[C@@H]2CCS(=O)(=O)C2)c1C. The van der Waals surface area contributed by atoms with Crippen molar-refractivity contribution in [3.8, 4) is 0 Å². The summed E-state index contributed by atoms with van der Waals surface area (Å²) in [6, 6.07) is 1.92. The number of rotatable bonds is 5. The Kier molecular flexibility index (Phi) is 5.60. The summed E-state index contributed by atoms with van der Waals surface area (Å²) in [7, 11) is -6.99. The highest BCUT2D eigenvalue weighted by molar-refractivity contribution is 7.91. The predicted octanol–water partition coefficient (Wildman–Crippen LogP) is 1.05. The number of hydrogen-bond donors (Lipinski definition) is 2. The number of amides is 1. The van der Waals surface area contributed by atoms with Crippen molar-refractivity contribution in [2.45, 2.75) is 45.4 Å². The quantitative estimate of drug-likeness (QED) is 0.733. The Balaban J connectivity index is 2.09. The van der Waals surface area contributed by atoms with E-state index in [1.165, 1.54) is 0 Å². The van der Waals surface area contributed by atoms with E-state index in [1.54, 1.807) is 13.8 Å². The molecule has 0 bridgehead atoms. The zero-order valence-corrected chi connectivity index (χ0v) is 16.5. The van der Waals surface area contributed by atoms with Crippen LogP contribution in [0, 0.1) is 33.6 Å². The molecule has 1 saturated heterocycles. The van der Waals surface area contributed by atoms with Crippen molar-refractivity contribution in [1.82, 2.24) is 10.3 Å². The fraction of sp³-hybridized carbons (Fsp3) is 0.562. The first kappa shape index (κ1) is 19.9. The van der Waals surface area contributed by atoms with Crippen molar-refractivity contribution in [3.63, 3.8) is 0 Å². The number of hydrazine groups is 1. The van der Waals surface area contributed by atoms with E-state index in [9.17, 15) is 21.6 Å². The summed E-state index contributed by atoms with van der Waals surface area (Å²) in [5, 5.41) is 0. The molecule has 0 radical (unpaired) electrons. The van der Waals surface area contributed by atoms with Gasteiger partial charge in [-0.1, -0.05) is 6.07 Å². The van der Waals surface area contributed by atoms with Gasteiger partial charge in [0.05, 0.1) is 16.4 Å². The summed E-state index contributed by atoms with van der Waals surface area (Å²) >= 11 is 0. The second-order valence-corrected chi connectivity index (χ2v) is 10.6. The third kappa shape index (κ3) is 4.59. The maximum atomic E-state index is 12.6. The molecule has 0 unspecified atom stereocenters. The van der Waals surface area contributed by atoms with Crippen molar-refractivity contribution in [1.29, 1.82) is 0 Å². The van der Waals surface area contributed by atoms with Crippen LogP contribution in [0.1, 0.15) is 35.1 Å². The number of benzene rings is 1. The van der Waals surface area contributed by atoms with E-state index in [4.69, 9.17) is 0 Å². The first-order chi connectivity index (χ1) is 11.4. The normalized spacial score (nSPS) is 19.8. The van der Waals surface area contributed by atoms with Gasteiger partial charge in [-0.25, -0.2) is 16.8 Å². The molecular weight excluding hydrogens is 364 g/mol. The van der Waals surface area contributed by atoms with Crippen LogP contribution in [-0.2, 0) is 24.7 Å². The number of hydrogen-bond acceptors (Lipinski definition) is 5. The van der Waals surface area contributed by atoms with Gasteiger partial charge < -0.3 is 0 Å². The van der Waals surface area contributed by atoms with Crippen molar-refractivity contribution in [2.75, 3.05) is 11.5 Å². The molecule has 7 nitrogen and oxygen atoms in total. The minimum Gasteiger partial charge on any atom is -0.278 e. The average molecular weight is 389 g/mol. The van der Waals surface area contributed by atoms with Gasteiger partial charge in [-0.2, -0.15) is 0 Å². The number of nitrogens with one attached hydrogen (secondary N) is 2. The second-order valence-electron chi connectivity index (χ2n) is 6.72. The number of sulfonamides is 1. The molecule has 25 heavy (non-hydrogen) atoms. The Morgan fingerprint density at radius 2 is 1.72 bits per heavy atom. The molecular formula is C16H24N2O5S2. The molecule has 1 amide bonds. The molecule has 1 aromatic rings. The topological polar surface area (TPSA) is 109 Å². The van der Waals surface area contributed by atoms with Crippen molar-refractivity contribution >= 4 is 25.8 Å². The van der Waals surface area contributed by atoms with Gasteiger partial charge in [-0.05, 0) is 62.3 Å². The van der Waals surface area contributed by atoms with Crippen LogP contribution in [0.3, 0.4) is 0 Å². The lowest BCUT2D eigenvalue weighted by Crippen LogP contribution is -2.42. The first-order valence-corrected chi connectivity index (χ1v) is 11.3. The zero-order valence-electron chi connectivity index (χ0n) is 14.8. The smallest absolute Gasteiger partial charge is 0.257 e. The summed E-state index contributed by atoms with van der Waals surface area (Å²) in [5.74, 6) is -0.746. The van der Waals surface area contributed by atoms with E-state index in [1.807, 2.05) is 19.9 Å². The highest BCUT2D eigenvalue weighted by atomic mass is 32.2. The largest absolute Gasteiger partial charge is 0.278 e. The Hall–Kier alpha value is -1.45. The molecule has 1 aliphatic heterocycles. The summed E-state index contributed by atoms with van der Waals surface area (Å²) in [4.78, 5) is 14.2. The summed E-state index contributed by atoms with van der Waals surface area (Å²) in [6.07, 6.45) is 0.407. The third-order valence-electron chi connectivity index (χ3n) is 4.69. The summed E-state index contributed by atoms with van der Waals surface area (Å²) in [6.45, 7) is 7.11. The average Bonchev–Trinajstić information content (AvgIpc) is 2.82. The van der Waals surface area contributed by atoms with Crippen LogP contribution in [0.4, 0.5) is 0 Å². The molecule has 1 aliphatic rings. The lowest BCUT2D eigenvalue weighted by atomic mass is 10.0. The van der Waals surface area contributed by atoms with Crippen LogP contribution in [0.25, 0.3) is 0 Å². The molecule has 0 aliphatic carbocycles. The van der Waals surface area contributed by atoms with Gasteiger partial charge in [0.2, 0.25) is 5.91 Å². The van der Waals surface area contributed by atoms with Gasteiger partial charge in [-0.15, -0.1) is 4.83 Å². The van der Waals surface area contributed by atoms with E-state index in [0.717, 1.165) is 11.1 Å². The van der Waals surface area contributed by atoms with Crippen molar-refractivity contribution in [2.24, 2.45) is 5.92 Å². The Bertz CT molecular complexity index is 879. The Labute approximate surface area is 149 Å².